The highest BCUT2D eigenvalue weighted by Gasteiger charge is 2.68. The average Bonchev–Trinajstić information content (AvgIpc) is 3.20. The van der Waals surface area contributed by atoms with Gasteiger partial charge < -0.3 is 0 Å². The molecule has 2 aromatic rings. The van der Waals surface area contributed by atoms with Gasteiger partial charge in [-0.15, -0.1) is 11.3 Å². The fourth-order valence-electron chi connectivity index (χ4n) is 5.78. The maximum atomic E-state index is 13.1. The summed E-state index contributed by atoms with van der Waals surface area (Å²) >= 11 is 1.55. The molecule has 7 rings (SSSR count). The number of hydrogen-bond acceptors (Lipinski definition) is 4. The van der Waals surface area contributed by atoms with Gasteiger partial charge in [-0.25, -0.2) is 9.88 Å². The normalized spacial score (nSPS) is 40.6. The van der Waals surface area contributed by atoms with Gasteiger partial charge in [0.25, 0.3) is 0 Å². The van der Waals surface area contributed by atoms with Crippen molar-refractivity contribution in [3.8, 4) is 0 Å². The van der Waals surface area contributed by atoms with Gasteiger partial charge in [0.2, 0.25) is 11.8 Å². The van der Waals surface area contributed by atoms with Crippen molar-refractivity contribution in [2.75, 3.05) is 4.90 Å². The van der Waals surface area contributed by atoms with Gasteiger partial charge in [0.05, 0.1) is 33.3 Å². The number of aromatic nitrogens is 1. The lowest BCUT2D eigenvalue weighted by Gasteiger charge is -2.42. The molecule has 6 atom stereocenters. The average molecular weight is 324 g/mol. The van der Waals surface area contributed by atoms with Gasteiger partial charge in [-0.05, 0) is 61.1 Å². The molecule has 4 aliphatic carbocycles. The zero-order chi connectivity index (χ0) is 15.3. The molecule has 2 amide bonds. The van der Waals surface area contributed by atoms with E-state index in [-0.39, 0.29) is 23.7 Å². The van der Waals surface area contributed by atoms with Crippen LogP contribution in [0, 0.1) is 35.5 Å². The van der Waals surface area contributed by atoms with Crippen LogP contribution in [0.4, 0.5) is 5.69 Å². The molecule has 5 heteroatoms. The maximum Gasteiger partial charge on any atom is 0.237 e. The first-order chi connectivity index (χ1) is 11.2. The monoisotopic (exact) mass is 324 g/mol. The minimum atomic E-state index is -0.0397. The number of benzene rings is 1. The van der Waals surface area contributed by atoms with Crippen LogP contribution in [0.25, 0.3) is 10.2 Å². The van der Waals surface area contributed by atoms with Crippen LogP contribution in [0.5, 0.6) is 0 Å². The van der Waals surface area contributed by atoms with E-state index in [0.29, 0.717) is 11.8 Å². The van der Waals surface area contributed by atoms with E-state index in [9.17, 15) is 9.59 Å². The number of carbonyl (C=O) groups is 2. The number of carbonyl (C=O) groups excluding carboxylic acids is 2. The molecule has 1 aromatic heterocycles. The Bertz CT molecular complexity index is 841. The quantitative estimate of drug-likeness (QED) is 0.758. The number of hydrogen-bond donors (Lipinski definition) is 0. The molecule has 23 heavy (non-hydrogen) atoms. The van der Waals surface area contributed by atoms with E-state index in [0.717, 1.165) is 40.6 Å². The van der Waals surface area contributed by atoms with E-state index < -0.39 is 0 Å². The second-order valence-corrected chi connectivity index (χ2v) is 8.42. The van der Waals surface area contributed by atoms with Crippen molar-refractivity contribution >= 4 is 39.1 Å². The van der Waals surface area contributed by atoms with Gasteiger partial charge >= 0.3 is 0 Å². The molecule has 2 heterocycles. The third-order valence-electron chi connectivity index (χ3n) is 6.72. The lowest BCUT2D eigenvalue weighted by atomic mass is 9.59. The molecular formula is C18H16N2O2S. The lowest BCUT2D eigenvalue weighted by Crippen LogP contribution is -2.43. The van der Waals surface area contributed by atoms with Gasteiger partial charge in [0.15, 0.2) is 0 Å². The molecule has 2 bridgehead atoms. The molecule has 1 aliphatic heterocycles. The summed E-state index contributed by atoms with van der Waals surface area (Å²) in [5, 5.41) is 0. The van der Waals surface area contributed by atoms with Crippen LogP contribution in [-0.4, -0.2) is 16.8 Å². The Morgan fingerprint density at radius 1 is 1.00 bits per heavy atom. The smallest absolute Gasteiger partial charge is 0.237 e. The molecule has 116 valence electrons. The molecule has 1 aromatic carbocycles. The van der Waals surface area contributed by atoms with Gasteiger partial charge in [-0.3, -0.25) is 9.59 Å². The number of imide groups is 1. The minimum Gasteiger partial charge on any atom is -0.274 e. The molecule has 5 fully saturated rings. The number of thiazole rings is 1. The highest BCUT2D eigenvalue weighted by molar-refractivity contribution is 7.16. The third kappa shape index (κ3) is 1.45. The SMILES string of the molecule is O=C1[C@@H]2[C@@H]3CC[C@@H]([C@@H]4C[C@@H]43)[C@@H]2C(=O)N1c1ccc2ncsc2c1. The van der Waals surface area contributed by atoms with Crippen molar-refractivity contribution in [1.82, 2.24) is 4.98 Å². The van der Waals surface area contributed by atoms with Crippen LogP contribution in [-0.2, 0) is 9.59 Å². The van der Waals surface area contributed by atoms with E-state index in [1.165, 1.54) is 11.3 Å². The van der Waals surface area contributed by atoms with Gasteiger partial charge in [-0.1, -0.05) is 0 Å². The number of nitrogens with zero attached hydrogens (tertiary/aromatic N) is 2. The van der Waals surface area contributed by atoms with Crippen molar-refractivity contribution in [3.05, 3.63) is 23.7 Å². The third-order valence-corrected chi connectivity index (χ3v) is 7.51. The Kier molecular flexibility index (Phi) is 2.21. The summed E-state index contributed by atoms with van der Waals surface area (Å²) < 4.78 is 1.03. The maximum absolute atomic E-state index is 13.1. The van der Waals surface area contributed by atoms with Crippen molar-refractivity contribution in [3.63, 3.8) is 0 Å². The fourth-order valence-corrected chi connectivity index (χ4v) is 6.49. The predicted molar refractivity (Wildman–Crippen MR) is 86.9 cm³/mol. The number of fused-ring (bicyclic) bond motifs is 2. The predicted octanol–water partition coefficient (Wildman–Crippen LogP) is 3.08. The summed E-state index contributed by atoms with van der Waals surface area (Å²) in [6, 6.07) is 5.73. The first-order valence-corrected chi connectivity index (χ1v) is 9.33. The molecule has 5 aliphatic rings. The van der Waals surface area contributed by atoms with Crippen molar-refractivity contribution in [2.45, 2.75) is 19.3 Å². The molecule has 0 N–H and O–H groups in total. The standard InChI is InChI=1S/C18H16N2O2S/c21-17-15-9-2-3-10(12-6-11(9)12)16(15)18(22)20(17)8-1-4-13-14(5-8)23-7-19-13/h1,4-5,7,9-12,15-16H,2-3,6H2/t9-,10+,11-,12+,15-,16+. The Hall–Kier alpha value is -1.75. The summed E-state index contributed by atoms with van der Waals surface area (Å²) in [6.45, 7) is 0. The van der Waals surface area contributed by atoms with E-state index in [1.807, 2.05) is 18.2 Å². The first kappa shape index (κ1) is 12.6. The van der Waals surface area contributed by atoms with Crippen molar-refractivity contribution < 1.29 is 9.59 Å². The molecule has 4 nitrogen and oxygen atoms in total. The Labute approximate surface area is 137 Å². The van der Waals surface area contributed by atoms with Gasteiger partial charge in [0.1, 0.15) is 0 Å². The van der Waals surface area contributed by atoms with Gasteiger partial charge in [0, 0.05) is 0 Å². The van der Waals surface area contributed by atoms with Crippen molar-refractivity contribution in [2.24, 2.45) is 35.5 Å². The van der Waals surface area contributed by atoms with E-state index in [2.05, 4.69) is 4.98 Å². The molecular weight excluding hydrogens is 308 g/mol. The van der Waals surface area contributed by atoms with Crippen molar-refractivity contribution in [1.29, 1.82) is 0 Å². The second kappa shape index (κ2) is 4.01. The summed E-state index contributed by atoms with van der Waals surface area (Å²) in [5.41, 5.74) is 3.46. The molecule has 0 radical (unpaired) electrons. The van der Waals surface area contributed by atoms with E-state index in [4.69, 9.17) is 0 Å². The molecule has 1 saturated heterocycles. The van der Waals surface area contributed by atoms with Gasteiger partial charge in [-0.2, -0.15) is 0 Å². The Morgan fingerprint density at radius 3 is 2.39 bits per heavy atom. The molecule has 4 saturated carbocycles. The summed E-state index contributed by atoms with van der Waals surface area (Å²) in [5.74, 6) is 2.43. The zero-order valence-electron chi connectivity index (χ0n) is 12.5. The van der Waals surface area contributed by atoms with Crippen LogP contribution < -0.4 is 4.90 Å². The molecule has 0 unspecified atom stereocenters. The Morgan fingerprint density at radius 2 is 1.70 bits per heavy atom. The van der Waals surface area contributed by atoms with Crippen LogP contribution in [0.3, 0.4) is 0 Å². The highest BCUT2D eigenvalue weighted by Crippen LogP contribution is 2.68. The first-order valence-electron chi connectivity index (χ1n) is 8.45. The summed E-state index contributed by atoms with van der Waals surface area (Å²) in [4.78, 5) is 31.9. The minimum absolute atomic E-state index is 0.0397. The van der Waals surface area contributed by atoms with E-state index in [1.54, 1.807) is 16.8 Å². The fraction of sp³-hybridized carbons (Fsp3) is 0.500. The number of anilines is 1. The number of amides is 2. The van der Waals surface area contributed by atoms with E-state index >= 15 is 0 Å². The van der Waals surface area contributed by atoms with Crippen LogP contribution in [0.2, 0.25) is 0 Å². The largest absolute Gasteiger partial charge is 0.274 e. The topological polar surface area (TPSA) is 50.3 Å². The molecule has 0 spiro atoms. The van der Waals surface area contributed by atoms with Crippen LogP contribution in [0.1, 0.15) is 19.3 Å². The van der Waals surface area contributed by atoms with Crippen LogP contribution in [0.15, 0.2) is 23.7 Å². The second-order valence-electron chi connectivity index (χ2n) is 7.54. The lowest BCUT2D eigenvalue weighted by molar-refractivity contribution is -0.129. The zero-order valence-corrected chi connectivity index (χ0v) is 13.3. The highest BCUT2D eigenvalue weighted by atomic mass is 32.1. The van der Waals surface area contributed by atoms with Crippen LogP contribution >= 0.6 is 11.3 Å². The Balaban J connectivity index is 1.46. The summed E-state index contributed by atoms with van der Waals surface area (Å²) in [7, 11) is 0. The summed E-state index contributed by atoms with van der Waals surface area (Å²) in [6.07, 6.45) is 3.55. The number of rotatable bonds is 1.